The van der Waals surface area contributed by atoms with E-state index in [1.807, 2.05) is 10.5 Å². The molecule has 1 aliphatic heterocycles. The zero-order valence-electron chi connectivity index (χ0n) is 13.5. The van der Waals surface area contributed by atoms with Gasteiger partial charge >= 0.3 is 0 Å². The highest BCUT2D eigenvalue weighted by Gasteiger charge is 2.23. The van der Waals surface area contributed by atoms with Crippen LogP contribution in [-0.2, 0) is 12.3 Å². The van der Waals surface area contributed by atoms with Crippen molar-refractivity contribution in [3.05, 3.63) is 52.2 Å². The number of fused-ring (bicyclic) bond motifs is 1. The highest BCUT2D eigenvalue weighted by molar-refractivity contribution is 7.96. The van der Waals surface area contributed by atoms with Crippen LogP contribution in [0.15, 0.2) is 24.4 Å². The van der Waals surface area contributed by atoms with Crippen LogP contribution in [0.25, 0.3) is 5.70 Å². The molecular formula is C16H17F2N3O2S2. The number of hydrogen-bond acceptors (Lipinski definition) is 7. The van der Waals surface area contributed by atoms with Gasteiger partial charge in [0.05, 0.1) is 30.8 Å². The van der Waals surface area contributed by atoms with E-state index >= 15 is 0 Å². The second-order valence-electron chi connectivity index (χ2n) is 5.21. The van der Waals surface area contributed by atoms with Gasteiger partial charge in [-0.25, -0.2) is 13.8 Å². The number of halogens is 2. The number of nitrogens with zero attached hydrogens (tertiary/aromatic N) is 2. The average Bonchev–Trinajstić information content (AvgIpc) is 3.04. The first-order valence-corrected chi connectivity index (χ1v) is 9.31. The molecule has 2 aromatic rings. The fourth-order valence-corrected chi connectivity index (χ4v) is 4.24. The van der Waals surface area contributed by atoms with E-state index in [0.29, 0.717) is 29.6 Å². The quantitative estimate of drug-likeness (QED) is 0.715. The Morgan fingerprint density at radius 3 is 3.04 bits per heavy atom. The molecule has 2 N–H and O–H groups in total. The molecule has 0 saturated carbocycles. The maximum absolute atomic E-state index is 13.8. The Bertz CT molecular complexity index is 783. The monoisotopic (exact) mass is 385 g/mol. The number of rotatable bonds is 7. The van der Waals surface area contributed by atoms with Crippen LogP contribution in [0.3, 0.4) is 0 Å². The first-order valence-electron chi connectivity index (χ1n) is 7.55. The molecule has 3 rings (SSSR count). The summed E-state index contributed by atoms with van der Waals surface area (Å²) >= 11 is 2.81. The summed E-state index contributed by atoms with van der Waals surface area (Å²) in [5.74, 6) is -1.35. The standard InChI is InChI=1S/C16H17F2N3O2S2/c1-23-16-20-15-12(19-5-6-22)7-21(8-13(15)25-16)24-9-10-3-2-4-11(17)14(10)18/h2-4,7,19,22H,5-6,8-9H2,1H3. The molecule has 2 heterocycles. The number of nitrogens with one attached hydrogen (secondary N) is 1. The molecule has 0 spiro atoms. The second-order valence-corrected chi connectivity index (χ2v) is 7.27. The fraction of sp³-hybridized carbons (Fsp3) is 0.312. The summed E-state index contributed by atoms with van der Waals surface area (Å²) in [5, 5.41) is 12.7. The van der Waals surface area contributed by atoms with E-state index in [2.05, 4.69) is 10.3 Å². The lowest BCUT2D eigenvalue weighted by atomic mass is 10.2. The molecule has 1 aromatic carbocycles. The summed E-state index contributed by atoms with van der Waals surface area (Å²) in [5.41, 5.74) is 1.88. The molecule has 1 aliphatic rings. The SMILES string of the molecule is COc1nc2c(s1)CN(SCc1cccc(F)c1F)C=C2NCCO. The fourth-order valence-electron chi connectivity index (χ4n) is 2.34. The van der Waals surface area contributed by atoms with Crippen LogP contribution in [0.4, 0.5) is 8.78 Å². The molecule has 0 aliphatic carbocycles. The Hall–Kier alpha value is -1.84. The summed E-state index contributed by atoms with van der Waals surface area (Å²) in [6.45, 7) is 0.972. The van der Waals surface area contributed by atoms with Crippen molar-refractivity contribution >= 4 is 29.0 Å². The molecule has 134 valence electrons. The molecule has 5 nitrogen and oxygen atoms in total. The molecule has 25 heavy (non-hydrogen) atoms. The van der Waals surface area contributed by atoms with Gasteiger partial charge in [-0.15, -0.1) is 0 Å². The van der Waals surface area contributed by atoms with Crippen molar-refractivity contribution in [3.63, 3.8) is 0 Å². The van der Waals surface area contributed by atoms with E-state index in [0.717, 1.165) is 22.3 Å². The number of ether oxygens (including phenoxy) is 1. The molecule has 0 bridgehead atoms. The van der Waals surface area contributed by atoms with Crippen molar-refractivity contribution in [2.24, 2.45) is 0 Å². The molecule has 0 saturated heterocycles. The van der Waals surface area contributed by atoms with Gasteiger partial charge in [0.15, 0.2) is 11.6 Å². The maximum atomic E-state index is 13.8. The number of hydrogen-bond donors (Lipinski definition) is 2. The number of benzene rings is 1. The number of thiazole rings is 1. The van der Waals surface area contributed by atoms with Crippen molar-refractivity contribution < 1.29 is 18.6 Å². The van der Waals surface area contributed by atoms with Crippen LogP contribution < -0.4 is 10.1 Å². The molecule has 0 amide bonds. The van der Waals surface area contributed by atoms with Crippen LogP contribution >= 0.6 is 23.3 Å². The minimum Gasteiger partial charge on any atom is -0.473 e. The van der Waals surface area contributed by atoms with E-state index in [-0.39, 0.29) is 6.61 Å². The van der Waals surface area contributed by atoms with Gasteiger partial charge in [-0.3, -0.25) is 0 Å². The number of aliphatic hydroxyl groups is 1. The summed E-state index contributed by atoms with van der Waals surface area (Å²) in [6, 6.07) is 4.18. The predicted octanol–water partition coefficient (Wildman–Crippen LogP) is 2.97. The van der Waals surface area contributed by atoms with Gasteiger partial charge in [0, 0.05) is 24.1 Å². The molecular weight excluding hydrogens is 368 g/mol. The van der Waals surface area contributed by atoms with Crippen LogP contribution in [0, 0.1) is 11.6 Å². The first kappa shape index (κ1) is 18.0. The normalized spacial score (nSPS) is 13.4. The molecule has 0 fully saturated rings. The van der Waals surface area contributed by atoms with Crippen molar-refractivity contribution in [1.29, 1.82) is 0 Å². The van der Waals surface area contributed by atoms with Crippen molar-refractivity contribution in [2.75, 3.05) is 20.3 Å². The maximum Gasteiger partial charge on any atom is 0.273 e. The summed E-state index contributed by atoms with van der Waals surface area (Å²) in [7, 11) is 1.56. The molecule has 0 atom stereocenters. The van der Waals surface area contributed by atoms with Gasteiger partial charge in [-0.2, -0.15) is 0 Å². The van der Waals surface area contributed by atoms with E-state index in [1.165, 1.54) is 29.4 Å². The topological polar surface area (TPSA) is 57.6 Å². The zero-order valence-corrected chi connectivity index (χ0v) is 15.1. The predicted molar refractivity (Wildman–Crippen MR) is 94.9 cm³/mol. The van der Waals surface area contributed by atoms with E-state index < -0.39 is 11.6 Å². The molecule has 0 unspecified atom stereocenters. The Kier molecular flexibility index (Phi) is 5.77. The highest BCUT2D eigenvalue weighted by atomic mass is 32.2. The Labute approximate surface area is 152 Å². The van der Waals surface area contributed by atoms with E-state index in [9.17, 15) is 8.78 Å². The summed E-state index contributed by atoms with van der Waals surface area (Å²) in [6.07, 6.45) is 1.86. The van der Waals surface area contributed by atoms with Gasteiger partial charge in [0.2, 0.25) is 0 Å². The summed E-state index contributed by atoms with van der Waals surface area (Å²) < 4.78 is 34.3. The lowest BCUT2D eigenvalue weighted by Crippen LogP contribution is -2.24. The first-order chi connectivity index (χ1) is 12.1. The summed E-state index contributed by atoms with van der Waals surface area (Å²) in [4.78, 5) is 5.43. The smallest absolute Gasteiger partial charge is 0.273 e. The molecule has 9 heteroatoms. The zero-order chi connectivity index (χ0) is 17.8. The van der Waals surface area contributed by atoms with Gasteiger partial charge in [-0.05, 0) is 18.0 Å². The lowest BCUT2D eigenvalue weighted by molar-refractivity contribution is 0.299. The molecule has 1 aromatic heterocycles. The van der Waals surface area contributed by atoms with Crippen LogP contribution in [-0.4, -0.2) is 34.7 Å². The van der Waals surface area contributed by atoms with Crippen LogP contribution in [0.1, 0.15) is 16.1 Å². The third-order valence-electron chi connectivity index (χ3n) is 3.52. The number of aromatic nitrogens is 1. The Morgan fingerprint density at radius 2 is 2.28 bits per heavy atom. The molecule has 0 radical (unpaired) electrons. The van der Waals surface area contributed by atoms with Gasteiger partial charge in [-0.1, -0.05) is 23.5 Å². The minimum atomic E-state index is -0.841. The van der Waals surface area contributed by atoms with Crippen molar-refractivity contribution in [1.82, 2.24) is 14.6 Å². The second kappa shape index (κ2) is 8.03. The van der Waals surface area contributed by atoms with Crippen LogP contribution in [0.5, 0.6) is 5.19 Å². The van der Waals surface area contributed by atoms with Gasteiger partial charge in [0.25, 0.3) is 5.19 Å². The average molecular weight is 385 g/mol. The third-order valence-corrected chi connectivity index (χ3v) is 5.53. The van der Waals surface area contributed by atoms with Gasteiger partial charge in [0.1, 0.15) is 5.69 Å². The Morgan fingerprint density at radius 1 is 1.44 bits per heavy atom. The van der Waals surface area contributed by atoms with Crippen LogP contribution in [0.2, 0.25) is 0 Å². The largest absolute Gasteiger partial charge is 0.473 e. The minimum absolute atomic E-state index is 0.00437. The van der Waals surface area contributed by atoms with E-state index in [4.69, 9.17) is 9.84 Å². The Balaban J connectivity index is 1.76. The number of aliphatic hydroxyl groups excluding tert-OH is 1. The van der Waals surface area contributed by atoms with E-state index in [1.54, 1.807) is 13.2 Å². The van der Waals surface area contributed by atoms with Gasteiger partial charge < -0.3 is 19.5 Å². The number of methoxy groups -OCH3 is 1. The lowest BCUT2D eigenvalue weighted by Gasteiger charge is -2.25. The third kappa shape index (κ3) is 4.05. The van der Waals surface area contributed by atoms with Crippen molar-refractivity contribution in [2.45, 2.75) is 12.3 Å². The van der Waals surface area contributed by atoms with Crippen molar-refractivity contribution in [3.8, 4) is 5.19 Å². The highest BCUT2D eigenvalue weighted by Crippen LogP contribution is 2.36.